The molecule has 5 unspecified atom stereocenters. The summed E-state index contributed by atoms with van der Waals surface area (Å²) in [6.45, 7) is 76.3. The van der Waals surface area contributed by atoms with Gasteiger partial charge >= 0.3 is 578 Å². The first-order valence-corrected chi connectivity index (χ1v) is 65.3. The fraction of sp³-hybridized carbons (Fsp3) is 1.00. The van der Waals surface area contributed by atoms with Crippen molar-refractivity contribution in [1.29, 1.82) is 0 Å². The van der Waals surface area contributed by atoms with Crippen LogP contribution in [0, 0.1) is 0 Å². The molecule has 0 N–H and O–H groups in total. The summed E-state index contributed by atoms with van der Waals surface area (Å²) in [4.78, 5) is 0. The summed E-state index contributed by atoms with van der Waals surface area (Å²) in [5.74, 6) is 0. The quantitative estimate of drug-likeness (QED) is 0.0527. The molecule has 5 atom stereocenters. The fourth-order valence-corrected chi connectivity index (χ4v) is 72.6. The van der Waals surface area contributed by atoms with Crippen LogP contribution in [0.5, 0.6) is 0 Å². The van der Waals surface area contributed by atoms with Gasteiger partial charge < -0.3 is 0 Å². The molecule has 18 nitrogen and oxygen atoms in total. The van der Waals surface area contributed by atoms with E-state index in [0.717, 1.165) is 30.1 Å². The van der Waals surface area contributed by atoms with Crippen LogP contribution in [0.15, 0.2) is 0 Å². The van der Waals surface area contributed by atoms with E-state index in [-0.39, 0.29) is 85.0 Å². The van der Waals surface area contributed by atoms with Gasteiger partial charge in [0.05, 0.1) is 0 Å². The summed E-state index contributed by atoms with van der Waals surface area (Å²) in [5.41, 5.74) is 0. The van der Waals surface area contributed by atoms with E-state index in [1.54, 1.807) is 0 Å². The van der Waals surface area contributed by atoms with E-state index in [0.29, 0.717) is 47.5 Å². The van der Waals surface area contributed by atoms with Gasteiger partial charge in [-0.05, 0) is 0 Å². The zero-order valence-electron chi connectivity index (χ0n) is 62.9. The van der Waals surface area contributed by atoms with E-state index in [1.807, 2.05) is 125 Å². The Balaban J connectivity index is -0.00000122. The van der Waals surface area contributed by atoms with Gasteiger partial charge in [0.1, 0.15) is 0 Å². The Labute approximate surface area is 571 Å². The second-order valence-electron chi connectivity index (χ2n) is 26.0. The first-order chi connectivity index (χ1) is 40.1. The van der Waals surface area contributed by atoms with Crippen LogP contribution < -0.4 is 0 Å². The molecule has 0 aromatic rings. The van der Waals surface area contributed by atoms with Crippen molar-refractivity contribution in [2.75, 3.05) is 39.6 Å². The van der Waals surface area contributed by atoms with Gasteiger partial charge in [0, 0.05) is 0 Å². The molecule has 0 heterocycles. The number of hydrogen-bond donors (Lipinski definition) is 0. The normalized spacial score (nSPS) is 15.3. The molecule has 24 heteroatoms. The van der Waals surface area contributed by atoms with E-state index in [9.17, 15) is 0 Å². The monoisotopic (exact) mass is 1910 g/mol. The first kappa shape index (κ1) is 95.3. The summed E-state index contributed by atoms with van der Waals surface area (Å²) in [6, 6.07) is 0. The predicted octanol–water partition coefficient (Wildman–Crippen LogP) is 17.4. The molecule has 0 aromatic heterocycles. The Morgan fingerprint density at radius 2 is 0.379 bits per heavy atom. The molecule has 0 aliphatic carbocycles. The van der Waals surface area contributed by atoms with Crippen LogP contribution in [-0.2, 0) is 55.3 Å². The summed E-state index contributed by atoms with van der Waals surface area (Å²) in [7, 11) is 0. The van der Waals surface area contributed by atoms with Gasteiger partial charge in [0.25, 0.3) is 0 Å². The molecular formula is C63H144O18Sn6. The SMILES string of the molecule is CC(C)[O][Sn]([CH2]CC[CH](C)[Sn]([O]C(C)C)([O]C(C)C)[O]C(C)C)([O]C(C)C)[O]C(C)C.CC(C)[O][Sn]([O]C(C)C)([O]C(C)C)[CH](C)[CH](C)[Sn]([O]C(C)C)([O]C(C)C)[O]C(C)C.CC[O][Sn]([O]CC)([O]CC)[CH](C)CC[CH](C)[Sn]([O]CC)([O]CC)[O]CC. The summed E-state index contributed by atoms with van der Waals surface area (Å²) in [5, 5.41) is 0. The van der Waals surface area contributed by atoms with Gasteiger partial charge in [-0.25, -0.2) is 0 Å². The molecular weight excluding hydrogens is 1760 g/mol. The number of rotatable bonds is 49. The maximum atomic E-state index is 6.59. The van der Waals surface area contributed by atoms with Crippen LogP contribution in [0.2, 0.25) is 24.1 Å². The summed E-state index contributed by atoms with van der Waals surface area (Å²) in [6.07, 6.45) is 4.42. The van der Waals surface area contributed by atoms with Crippen molar-refractivity contribution in [1.82, 2.24) is 0 Å². The van der Waals surface area contributed by atoms with Crippen molar-refractivity contribution in [3.63, 3.8) is 0 Å². The van der Waals surface area contributed by atoms with Crippen molar-refractivity contribution in [3.05, 3.63) is 0 Å². The third-order valence-electron chi connectivity index (χ3n) is 12.7. The summed E-state index contributed by atoms with van der Waals surface area (Å²) < 4.78 is 117. The summed E-state index contributed by atoms with van der Waals surface area (Å²) >= 11 is -22.7. The third kappa shape index (κ3) is 38.9. The molecule has 0 fully saturated rings. The van der Waals surface area contributed by atoms with E-state index in [1.165, 1.54) is 0 Å². The van der Waals surface area contributed by atoms with Crippen molar-refractivity contribution in [2.24, 2.45) is 0 Å². The molecule has 0 aliphatic rings. The molecule has 0 amide bonds. The van der Waals surface area contributed by atoms with Crippen LogP contribution in [0.3, 0.4) is 0 Å². The van der Waals surface area contributed by atoms with Gasteiger partial charge in [-0.15, -0.1) is 0 Å². The average Bonchev–Trinajstić information content (AvgIpc) is 1.30. The van der Waals surface area contributed by atoms with Gasteiger partial charge in [0.2, 0.25) is 0 Å². The zero-order valence-corrected chi connectivity index (χ0v) is 80.1. The van der Waals surface area contributed by atoms with Crippen LogP contribution in [-0.4, -0.2) is 231 Å². The topological polar surface area (TPSA) is 166 Å². The second kappa shape index (κ2) is 49.6. The molecule has 0 rings (SSSR count). The van der Waals surface area contributed by atoms with E-state index >= 15 is 0 Å². The third-order valence-corrected chi connectivity index (χ3v) is 79.7. The van der Waals surface area contributed by atoms with Crippen LogP contribution in [0.4, 0.5) is 0 Å². The molecule has 87 heavy (non-hydrogen) atoms. The van der Waals surface area contributed by atoms with Crippen LogP contribution >= 0.6 is 0 Å². The van der Waals surface area contributed by atoms with Crippen molar-refractivity contribution >= 4 is 118 Å². The zero-order chi connectivity index (χ0) is 68.3. The molecule has 0 aromatic carbocycles. The van der Waals surface area contributed by atoms with Crippen LogP contribution in [0.25, 0.3) is 0 Å². The molecule has 0 aliphatic heterocycles. The maximum absolute atomic E-state index is 6.59. The van der Waals surface area contributed by atoms with Crippen LogP contribution in [0.1, 0.15) is 268 Å². The Bertz CT molecular complexity index is 1430. The Morgan fingerprint density at radius 3 is 0.552 bits per heavy atom. The molecule has 0 spiro atoms. The van der Waals surface area contributed by atoms with Crippen molar-refractivity contribution < 1.29 is 55.3 Å². The molecule has 0 radical (unpaired) electrons. The van der Waals surface area contributed by atoms with E-state index in [4.69, 9.17) is 55.3 Å². The molecule has 0 saturated carbocycles. The first-order valence-electron chi connectivity index (χ1n) is 34.1. The Kier molecular flexibility index (Phi) is 54.3. The van der Waals surface area contributed by atoms with Crippen molar-refractivity contribution in [3.8, 4) is 0 Å². The Hall–Kier alpha value is 4.07. The van der Waals surface area contributed by atoms with E-state index < -0.39 is 118 Å². The van der Waals surface area contributed by atoms with Gasteiger partial charge in [-0.3, -0.25) is 0 Å². The average molecular weight is 1900 g/mol. The Morgan fingerprint density at radius 1 is 0.207 bits per heavy atom. The van der Waals surface area contributed by atoms with E-state index in [2.05, 4.69) is 118 Å². The minimum absolute atomic E-state index is 0.0144. The van der Waals surface area contributed by atoms with Gasteiger partial charge in [0.15, 0.2) is 0 Å². The van der Waals surface area contributed by atoms with Crippen molar-refractivity contribution in [2.45, 2.75) is 365 Å². The molecule has 528 valence electrons. The minimum atomic E-state index is -4.06. The standard InChI is InChI=1S/C6H12.C5H10.C4H8.12C3H7O.6C2H5O.6Sn/c1-3-5-6-4-2;1-3-5-4-2;1-3-4-2;12*1-3(2)4;6*1-2-3;;;;;;/h3-4H,5-6H2,1-2H3;4H,1,3,5H2,2H3;3-4H,1-2H3;12*3H,1-2H3;6*2H2,1H3;;;;;;/q;;;18*-1;6*+3. The number of hydrogen-bond acceptors (Lipinski definition) is 18. The fourth-order valence-electron chi connectivity index (χ4n) is 10.1. The second-order valence-corrected chi connectivity index (χ2v) is 75.3. The molecule has 0 saturated heterocycles. The van der Waals surface area contributed by atoms with Gasteiger partial charge in [-0.2, -0.15) is 0 Å². The molecule has 0 bridgehead atoms. The predicted molar refractivity (Wildman–Crippen MR) is 369 cm³/mol. The van der Waals surface area contributed by atoms with Gasteiger partial charge in [-0.1, -0.05) is 0 Å².